The van der Waals surface area contributed by atoms with Crippen molar-refractivity contribution in [2.24, 2.45) is 0 Å². The van der Waals surface area contributed by atoms with E-state index in [2.05, 4.69) is 14.9 Å². The van der Waals surface area contributed by atoms with Crippen LogP contribution in [0.4, 0.5) is 4.39 Å². The normalized spacial score (nSPS) is 12.2. The first kappa shape index (κ1) is 13.9. The molecule has 4 nitrogen and oxygen atoms in total. The Morgan fingerprint density at radius 1 is 1.53 bits per heavy atom. The van der Waals surface area contributed by atoms with Gasteiger partial charge in [-0.1, -0.05) is 22.2 Å². The molecular weight excluding hydrogens is 289 g/mol. The Morgan fingerprint density at radius 2 is 2.26 bits per heavy atom. The van der Waals surface area contributed by atoms with Crippen LogP contribution in [0.25, 0.3) is 0 Å². The van der Waals surface area contributed by atoms with Crippen LogP contribution in [-0.4, -0.2) is 15.5 Å². The third-order valence-corrected chi connectivity index (χ3v) is 3.79. The molecule has 1 atom stereocenters. The smallest absolute Gasteiger partial charge is 0.265 e. The molecule has 0 bridgehead atoms. The van der Waals surface area contributed by atoms with Crippen LogP contribution in [0.5, 0.6) is 0 Å². The van der Waals surface area contributed by atoms with Crippen molar-refractivity contribution in [2.75, 3.05) is 0 Å². The van der Waals surface area contributed by atoms with Gasteiger partial charge in [-0.3, -0.25) is 4.79 Å². The molecule has 0 fully saturated rings. The number of hydrogen-bond acceptors (Lipinski definition) is 4. The van der Waals surface area contributed by atoms with Gasteiger partial charge >= 0.3 is 0 Å². The van der Waals surface area contributed by atoms with Gasteiger partial charge in [-0.15, -0.1) is 5.10 Å². The molecule has 0 aliphatic heterocycles. The summed E-state index contributed by atoms with van der Waals surface area (Å²) in [4.78, 5) is 12.4. The Morgan fingerprint density at radius 3 is 2.84 bits per heavy atom. The summed E-state index contributed by atoms with van der Waals surface area (Å²) in [6.07, 6.45) is 0. The fourth-order valence-corrected chi connectivity index (χ4v) is 2.58. The fourth-order valence-electron chi connectivity index (χ4n) is 1.70. The van der Waals surface area contributed by atoms with Crippen molar-refractivity contribution in [3.05, 3.63) is 45.2 Å². The monoisotopic (exact) mass is 299 g/mol. The SMILES string of the molecule is Cc1nnsc1C(=O)N[C@H](C)c1c(F)cccc1Cl. The molecule has 1 heterocycles. The predicted octanol–water partition coefficient (Wildman–Crippen LogP) is 3.13. The van der Waals surface area contributed by atoms with Gasteiger partial charge in [0.25, 0.3) is 5.91 Å². The molecule has 100 valence electrons. The molecule has 0 saturated heterocycles. The molecule has 2 aromatic rings. The highest BCUT2D eigenvalue weighted by Gasteiger charge is 2.20. The second-order valence-corrected chi connectivity index (χ2v) is 5.18. The van der Waals surface area contributed by atoms with Crippen LogP contribution >= 0.6 is 23.1 Å². The van der Waals surface area contributed by atoms with Crippen molar-refractivity contribution >= 4 is 29.0 Å². The number of carbonyl (C=O) groups excluding carboxylic acids is 1. The van der Waals surface area contributed by atoms with Gasteiger partial charge in [0.1, 0.15) is 10.7 Å². The van der Waals surface area contributed by atoms with Crippen molar-refractivity contribution < 1.29 is 9.18 Å². The fraction of sp³-hybridized carbons (Fsp3) is 0.250. The van der Waals surface area contributed by atoms with Gasteiger partial charge in [0, 0.05) is 10.6 Å². The Hall–Kier alpha value is -1.53. The van der Waals surface area contributed by atoms with E-state index in [0.29, 0.717) is 10.6 Å². The van der Waals surface area contributed by atoms with E-state index in [1.807, 2.05) is 0 Å². The average molecular weight is 300 g/mol. The molecule has 0 unspecified atom stereocenters. The van der Waals surface area contributed by atoms with Crippen LogP contribution in [-0.2, 0) is 0 Å². The quantitative estimate of drug-likeness (QED) is 0.947. The van der Waals surface area contributed by atoms with Crippen LogP contribution in [0.3, 0.4) is 0 Å². The van der Waals surface area contributed by atoms with Gasteiger partial charge in [-0.05, 0) is 37.5 Å². The lowest BCUT2D eigenvalue weighted by Crippen LogP contribution is -2.27. The van der Waals surface area contributed by atoms with Crippen molar-refractivity contribution in [2.45, 2.75) is 19.9 Å². The molecule has 19 heavy (non-hydrogen) atoms. The molecule has 0 spiro atoms. The molecule has 7 heteroatoms. The first-order chi connectivity index (χ1) is 9.00. The van der Waals surface area contributed by atoms with Crippen molar-refractivity contribution in [3.8, 4) is 0 Å². The Kier molecular flexibility index (Phi) is 4.11. The number of amides is 1. The lowest BCUT2D eigenvalue weighted by atomic mass is 10.1. The summed E-state index contributed by atoms with van der Waals surface area (Å²) >= 11 is 6.95. The van der Waals surface area contributed by atoms with Crippen molar-refractivity contribution in [1.29, 1.82) is 0 Å². The minimum absolute atomic E-state index is 0.271. The van der Waals surface area contributed by atoms with Gasteiger partial charge in [-0.25, -0.2) is 4.39 Å². The number of nitrogens with zero attached hydrogens (tertiary/aromatic N) is 2. The molecule has 0 aliphatic carbocycles. The second kappa shape index (κ2) is 5.63. The van der Waals surface area contributed by atoms with Gasteiger partial charge < -0.3 is 5.32 Å². The Balaban J connectivity index is 2.20. The van der Waals surface area contributed by atoms with Gasteiger partial charge in [0.2, 0.25) is 0 Å². The summed E-state index contributed by atoms with van der Waals surface area (Å²) in [6, 6.07) is 3.88. The number of hydrogen-bond donors (Lipinski definition) is 1. The van der Waals surface area contributed by atoms with Crippen LogP contribution in [0.15, 0.2) is 18.2 Å². The highest BCUT2D eigenvalue weighted by molar-refractivity contribution is 7.08. The van der Waals surface area contributed by atoms with Crippen LogP contribution in [0.2, 0.25) is 5.02 Å². The van der Waals surface area contributed by atoms with E-state index in [4.69, 9.17) is 11.6 Å². The van der Waals surface area contributed by atoms with Crippen molar-refractivity contribution in [3.63, 3.8) is 0 Å². The lowest BCUT2D eigenvalue weighted by Gasteiger charge is -2.15. The summed E-state index contributed by atoms with van der Waals surface area (Å²) in [5, 5.41) is 6.73. The Bertz CT molecular complexity index is 597. The zero-order valence-corrected chi connectivity index (χ0v) is 11.8. The third-order valence-electron chi connectivity index (χ3n) is 2.64. The highest BCUT2D eigenvalue weighted by atomic mass is 35.5. The summed E-state index contributed by atoms with van der Waals surface area (Å²) in [5.74, 6) is -0.779. The number of aryl methyl sites for hydroxylation is 1. The van der Waals surface area contributed by atoms with E-state index < -0.39 is 11.9 Å². The molecule has 1 N–H and O–H groups in total. The summed E-state index contributed by atoms with van der Waals surface area (Å²) in [7, 11) is 0. The van der Waals surface area contributed by atoms with E-state index in [-0.39, 0.29) is 16.5 Å². The number of rotatable bonds is 3. The molecule has 0 radical (unpaired) electrons. The maximum atomic E-state index is 13.7. The molecule has 2 rings (SSSR count). The summed E-state index contributed by atoms with van der Waals surface area (Å²) < 4.78 is 17.4. The zero-order valence-electron chi connectivity index (χ0n) is 10.3. The maximum Gasteiger partial charge on any atom is 0.265 e. The number of nitrogens with one attached hydrogen (secondary N) is 1. The number of aromatic nitrogens is 2. The van der Waals surface area contributed by atoms with Gasteiger partial charge in [0.05, 0.1) is 11.7 Å². The molecular formula is C12H11ClFN3OS. The Labute approximate surface area is 118 Å². The molecule has 0 saturated carbocycles. The predicted molar refractivity (Wildman–Crippen MR) is 71.9 cm³/mol. The number of benzene rings is 1. The van der Waals surface area contributed by atoms with Gasteiger partial charge in [0.15, 0.2) is 0 Å². The largest absolute Gasteiger partial charge is 0.345 e. The standard InChI is InChI=1S/C12H11ClFN3OS/c1-6(10-8(13)4-3-5-9(10)14)15-12(18)11-7(2)16-17-19-11/h3-6H,1-2H3,(H,15,18)/t6-/m1/s1. The van der Waals surface area contributed by atoms with E-state index in [9.17, 15) is 9.18 Å². The minimum atomic E-state index is -0.539. The highest BCUT2D eigenvalue weighted by Crippen LogP contribution is 2.26. The second-order valence-electron chi connectivity index (χ2n) is 4.02. The average Bonchev–Trinajstić information content (AvgIpc) is 2.75. The molecule has 1 aromatic carbocycles. The zero-order chi connectivity index (χ0) is 14.0. The number of halogens is 2. The van der Waals surface area contributed by atoms with Crippen LogP contribution in [0, 0.1) is 12.7 Å². The molecule has 1 aromatic heterocycles. The number of carbonyl (C=O) groups is 1. The molecule has 1 amide bonds. The minimum Gasteiger partial charge on any atom is -0.345 e. The third kappa shape index (κ3) is 2.90. The van der Waals surface area contributed by atoms with E-state index in [1.54, 1.807) is 19.9 Å². The summed E-state index contributed by atoms with van der Waals surface area (Å²) in [6.45, 7) is 3.37. The first-order valence-corrected chi connectivity index (χ1v) is 6.69. The summed E-state index contributed by atoms with van der Waals surface area (Å²) in [5.41, 5.74) is 0.821. The first-order valence-electron chi connectivity index (χ1n) is 5.54. The van der Waals surface area contributed by atoms with E-state index in [1.165, 1.54) is 12.1 Å². The van der Waals surface area contributed by atoms with Crippen LogP contribution < -0.4 is 5.32 Å². The maximum absolute atomic E-state index is 13.7. The molecule has 0 aliphatic rings. The topological polar surface area (TPSA) is 54.9 Å². The van der Waals surface area contributed by atoms with Crippen molar-refractivity contribution in [1.82, 2.24) is 14.9 Å². The van der Waals surface area contributed by atoms with Crippen LogP contribution in [0.1, 0.15) is 33.9 Å². The van der Waals surface area contributed by atoms with E-state index >= 15 is 0 Å². The lowest BCUT2D eigenvalue weighted by molar-refractivity contribution is 0.0942. The van der Waals surface area contributed by atoms with E-state index in [0.717, 1.165) is 11.5 Å². The van der Waals surface area contributed by atoms with Gasteiger partial charge in [-0.2, -0.15) is 0 Å².